The lowest BCUT2D eigenvalue weighted by molar-refractivity contribution is 0.0781. The van der Waals surface area contributed by atoms with Crippen LogP contribution in [0.25, 0.3) is 21.8 Å². The molecule has 3 aromatic heterocycles. The van der Waals surface area contributed by atoms with E-state index in [0.717, 1.165) is 28.2 Å². The smallest absolute Gasteiger partial charge is 0.274 e. The molecule has 28 heavy (non-hydrogen) atoms. The summed E-state index contributed by atoms with van der Waals surface area (Å²) < 4.78 is 1.87. The molecule has 5 rings (SSSR count). The molecule has 8 heteroatoms. The van der Waals surface area contributed by atoms with Gasteiger partial charge in [-0.1, -0.05) is 41.6 Å². The first kappa shape index (κ1) is 16.9. The Bertz CT molecular complexity index is 1090. The Labute approximate surface area is 165 Å². The number of nitrogens with zero attached hydrogens (tertiary/aromatic N) is 5. The lowest BCUT2D eigenvalue weighted by Gasteiger charge is -2.14. The Hall–Kier alpha value is -3.26. The first-order chi connectivity index (χ1) is 13.8. The van der Waals surface area contributed by atoms with Crippen LogP contribution in [0.1, 0.15) is 23.0 Å². The van der Waals surface area contributed by atoms with E-state index >= 15 is 0 Å². The van der Waals surface area contributed by atoms with Crippen molar-refractivity contribution in [2.45, 2.75) is 12.5 Å². The molecule has 1 saturated heterocycles. The molecule has 7 nitrogen and oxygen atoms in total. The number of carbonyl (C=O) groups excluding carboxylic acids is 1. The van der Waals surface area contributed by atoms with Gasteiger partial charge < -0.3 is 4.90 Å². The third-order valence-electron chi connectivity index (χ3n) is 4.99. The number of nitrogens with one attached hydrogen (secondary N) is 1. The summed E-state index contributed by atoms with van der Waals surface area (Å²) in [7, 11) is 0. The van der Waals surface area contributed by atoms with Gasteiger partial charge in [-0.3, -0.25) is 9.89 Å². The molecular formula is C20H18N6OS. The Balaban J connectivity index is 1.28. The maximum Gasteiger partial charge on any atom is 0.274 e. The first-order valence-electron chi connectivity index (χ1n) is 9.14. The number of benzene rings is 1. The highest BCUT2D eigenvalue weighted by atomic mass is 32.1. The van der Waals surface area contributed by atoms with Crippen molar-refractivity contribution < 1.29 is 4.79 Å². The number of amides is 1. The molecule has 1 fully saturated rings. The average Bonchev–Trinajstić information content (AvgIpc) is 3.54. The Morgan fingerprint density at radius 1 is 1.18 bits per heavy atom. The van der Waals surface area contributed by atoms with Gasteiger partial charge in [0.2, 0.25) is 0 Å². The molecule has 4 aromatic rings. The van der Waals surface area contributed by atoms with Crippen LogP contribution in [-0.4, -0.2) is 49.1 Å². The van der Waals surface area contributed by atoms with Crippen LogP contribution >= 0.6 is 11.3 Å². The summed E-state index contributed by atoms with van der Waals surface area (Å²) in [6.07, 6.45) is 2.81. The zero-order valence-electron chi connectivity index (χ0n) is 15.0. The van der Waals surface area contributed by atoms with Crippen molar-refractivity contribution in [1.82, 2.24) is 30.1 Å². The van der Waals surface area contributed by atoms with Gasteiger partial charge in [-0.05, 0) is 23.9 Å². The maximum atomic E-state index is 12.8. The lowest BCUT2D eigenvalue weighted by Crippen LogP contribution is -2.29. The van der Waals surface area contributed by atoms with E-state index < -0.39 is 0 Å². The van der Waals surface area contributed by atoms with E-state index in [4.69, 9.17) is 0 Å². The topological polar surface area (TPSA) is 79.7 Å². The summed E-state index contributed by atoms with van der Waals surface area (Å²) in [6, 6.07) is 15.9. The molecule has 0 bridgehead atoms. The quantitative estimate of drug-likeness (QED) is 0.578. The van der Waals surface area contributed by atoms with Crippen LogP contribution in [0.5, 0.6) is 0 Å². The molecule has 1 aliphatic heterocycles. The Kier molecular flexibility index (Phi) is 4.25. The monoisotopic (exact) mass is 390 g/mol. The molecule has 1 aliphatic rings. The van der Waals surface area contributed by atoms with Crippen molar-refractivity contribution in [3.8, 4) is 21.8 Å². The molecule has 1 aromatic carbocycles. The van der Waals surface area contributed by atoms with Gasteiger partial charge in [0.15, 0.2) is 5.69 Å². The number of hydrogen-bond acceptors (Lipinski definition) is 5. The van der Waals surface area contributed by atoms with Crippen molar-refractivity contribution in [3.05, 3.63) is 65.8 Å². The SMILES string of the molecule is O=C(c1cc(-c2cccs2)[nH]n1)N1CCC(n2cc(-c3ccccc3)nn2)C1. The molecule has 0 saturated carbocycles. The normalized spacial score (nSPS) is 16.6. The second-order valence-corrected chi connectivity index (χ2v) is 7.74. The number of aromatic nitrogens is 5. The van der Waals surface area contributed by atoms with Gasteiger partial charge in [0.1, 0.15) is 5.69 Å². The summed E-state index contributed by atoms with van der Waals surface area (Å²) >= 11 is 1.62. The van der Waals surface area contributed by atoms with Crippen molar-refractivity contribution >= 4 is 17.2 Å². The van der Waals surface area contributed by atoms with Crippen molar-refractivity contribution in [2.24, 2.45) is 0 Å². The van der Waals surface area contributed by atoms with Gasteiger partial charge in [0.25, 0.3) is 5.91 Å². The Morgan fingerprint density at radius 2 is 2.07 bits per heavy atom. The minimum absolute atomic E-state index is 0.0510. The molecule has 1 amide bonds. The van der Waals surface area contributed by atoms with E-state index in [1.807, 2.05) is 69.7 Å². The van der Waals surface area contributed by atoms with Crippen molar-refractivity contribution in [1.29, 1.82) is 0 Å². The number of hydrogen-bond donors (Lipinski definition) is 1. The summed E-state index contributed by atoms with van der Waals surface area (Å²) in [6.45, 7) is 1.29. The number of aromatic amines is 1. The number of rotatable bonds is 4. The minimum Gasteiger partial charge on any atom is -0.335 e. The van der Waals surface area contributed by atoms with E-state index in [-0.39, 0.29) is 11.9 Å². The molecule has 0 spiro atoms. The average molecular weight is 390 g/mol. The largest absolute Gasteiger partial charge is 0.335 e. The van der Waals surface area contributed by atoms with E-state index in [2.05, 4.69) is 20.5 Å². The molecule has 0 aliphatic carbocycles. The highest BCUT2D eigenvalue weighted by molar-refractivity contribution is 7.13. The molecule has 4 heterocycles. The molecule has 140 valence electrons. The van der Waals surface area contributed by atoms with Crippen LogP contribution in [0, 0.1) is 0 Å². The Morgan fingerprint density at radius 3 is 2.89 bits per heavy atom. The van der Waals surface area contributed by atoms with Crippen LogP contribution in [-0.2, 0) is 0 Å². The molecular weight excluding hydrogens is 372 g/mol. The van der Waals surface area contributed by atoms with Gasteiger partial charge in [-0.2, -0.15) is 5.10 Å². The van der Waals surface area contributed by atoms with E-state index in [1.54, 1.807) is 11.3 Å². The van der Waals surface area contributed by atoms with Gasteiger partial charge in [-0.25, -0.2) is 4.68 Å². The van der Waals surface area contributed by atoms with Crippen LogP contribution in [0.15, 0.2) is 60.1 Å². The van der Waals surface area contributed by atoms with E-state index in [1.165, 1.54) is 0 Å². The standard InChI is InChI=1S/C20H18N6OS/c27-20(17-11-16(21-22-17)19-7-4-10-28-19)25-9-8-15(12-25)26-13-18(23-24-26)14-5-2-1-3-6-14/h1-7,10-11,13,15H,8-9,12H2,(H,21,22). The van der Waals surface area contributed by atoms with E-state index in [9.17, 15) is 4.79 Å². The predicted octanol–water partition coefficient (Wildman–Crippen LogP) is 3.48. The van der Waals surface area contributed by atoms with Crippen LogP contribution in [0.4, 0.5) is 0 Å². The van der Waals surface area contributed by atoms with Gasteiger partial charge in [-0.15, -0.1) is 16.4 Å². The summed E-state index contributed by atoms with van der Waals surface area (Å²) in [5, 5.41) is 17.8. The second-order valence-electron chi connectivity index (χ2n) is 6.79. The zero-order valence-corrected chi connectivity index (χ0v) is 15.8. The number of thiophene rings is 1. The van der Waals surface area contributed by atoms with Crippen LogP contribution in [0.3, 0.4) is 0 Å². The number of carbonyl (C=O) groups is 1. The molecule has 1 unspecified atom stereocenters. The molecule has 1 N–H and O–H groups in total. The van der Waals surface area contributed by atoms with Gasteiger partial charge in [0, 0.05) is 18.7 Å². The lowest BCUT2D eigenvalue weighted by atomic mass is 10.2. The number of likely N-dealkylation sites (tertiary alicyclic amines) is 1. The molecule has 0 radical (unpaired) electrons. The maximum absolute atomic E-state index is 12.8. The zero-order chi connectivity index (χ0) is 18.9. The van der Waals surface area contributed by atoms with Gasteiger partial charge in [0.05, 0.1) is 22.8 Å². The highest BCUT2D eigenvalue weighted by Gasteiger charge is 2.30. The fraction of sp³-hybridized carbons (Fsp3) is 0.200. The predicted molar refractivity (Wildman–Crippen MR) is 107 cm³/mol. The minimum atomic E-state index is -0.0510. The molecule has 1 atom stereocenters. The second kappa shape index (κ2) is 7.05. The third-order valence-corrected chi connectivity index (χ3v) is 5.89. The summed E-state index contributed by atoms with van der Waals surface area (Å²) in [5.41, 5.74) is 3.21. The third kappa shape index (κ3) is 3.11. The number of H-pyrrole nitrogens is 1. The van der Waals surface area contributed by atoms with E-state index in [0.29, 0.717) is 18.8 Å². The van der Waals surface area contributed by atoms with Crippen molar-refractivity contribution in [3.63, 3.8) is 0 Å². The van der Waals surface area contributed by atoms with Crippen LogP contribution < -0.4 is 0 Å². The van der Waals surface area contributed by atoms with Crippen molar-refractivity contribution in [2.75, 3.05) is 13.1 Å². The first-order valence-corrected chi connectivity index (χ1v) is 10.0. The summed E-state index contributed by atoms with van der Waals surface area (Å²) in [4.78, 5) is 15.7. The fourth-order valence-corrected chi connectivity index (χ4v) is 4.18. The highest BCUT2D eigenvalue weighted by Crippen LogP contribution is 2.26. The van der Waals surface area contributed by atoms with Crippen LogP contribution in [0.2, 0.25) is 0 Å². The fourth-order valence-electron chi connectivity index (χ4n) is 3.49. The summed E-state index contributed by atoms with van der Waals surface area (Å²) in [5.74, 6) is -0.0510. The van der Waals surface area contributed by atoms with Gasteiger partial charge >= 0.3 is 0 Å².